The summed E-state index contributed by atoms with van der Waals surface area (Å²) in [4.78, 5) is 18.1. The van der Waals surface area contributed by atoms with Crippen LogP contribution in [0.3, 0.4) is 0 Å². The molecule has 0 aliphatic heterocycles. The molecule has 0 radical (unpaired) electrons. The first kappa shape index (κ1) is 22.7. The van der Waals surface area contributed by atoms with Crippen molar-refractivity contribution in [1.29, 1.82) is 0 Å². The molecule has 2 aromatic heterocycles. The highest BCUT2D eigenvalue weighted by Gasteiger charge is 2.16. The molecule has 0 aliphatic rings. The van der Waals surface area contributed by atoms with Gasteiger partial charge in [-0.25, -0.2) is 4.98 Å². The summed E-state index contributed by atoms with van der Waals surface area (Å²) in [6.07, 6.45) is 0. The summed E-state index contributed by atoms with van der Waals surface area (Å²) < 4.78 is 18.2. The van der Waals surface area contributed by atoms with Crippen LogP contribution in [-0.2, 0) is 12.3 Å². The van der Waals surface area contributed by atoms with E-state index in [9.17, 15) is 4.79 Å². The van der Waals surface area contributed by atoms with Crippen molar-refractivity contribution in [2.45, 2.75) is 17.5 Å². The summed E-state index contributed by atoms with van der Waals surface area (Å²) >= 11 is 1.38. The number of nitrogens with zero attached hydrogens (tertiary/aromatic N) is 4. The number of hydrogen-bond acceptors (Lipinski definition) is 8. The summed E-state index contributed by atoms with van der Waals surface area (Å²) in [5, 5.41) is 9.52. The van der Waals surface area contributed by atoms with Gasteiger partial charge in [-0.3, -0.25) is 9.36 Å². The van der Waals surface area contributed by atoms with Crippen LogP contribution in [0.25, 0.3) is 22.4 Å². The van der Waals surface area contributed by atoms with Crippen molar-refractivity contribution < 1.29 is 13.9 Å². The van der Waals surface area contributed by atoms with Crippen molar-refractivity contribution in [2.24, 2.45) is 0 Å². The second-order valence-electron chi connectivity index (χ2n) is 7.65. The largest absolute Gasteiger partial charge is 0.493 e. The monoisotopic (exact) mass is 486 g/mol. The van der Waals surface area contributed by atoms with Gasteiger partial charge in [-0.05, 0) is 35.9 Å². The van der Waals surface area contributed by atoms with Crippen molar-refractivity contribution in [1.82, 2.24) is 19.7 Å². The number of hydrogen-bond donors (Lipinski definition) is 0. The molecule has 0 N–H and O–H groups in total. The number of aromatic nitrogens is 4. The van der Waals surface area contributed by atoms with Crippen LogP contribution in [0.4, 0.5) is 0 Å². The summed E-state index contributed by atoms with van der Waals surface area (Å²) in [7, 11) is 3.15. The molecule has 35 heavy (non-hydrogen) atoms. The van der Waals surface area contributed by atoms with E-state index in [0.29, 0.717) is 51.6 Å². The molecule has 0 atom stereocenters. The van der Waals surface area contributed by atoms with E-state index >= 15 is 0 Å². The maximum Gasteiger partial charge on any atom is 0.262 e. The highest BCUT2D eigenvalue weighted by molar-refractivity contribution is 7.98. The Morgan fingerprint density at radius 3 is 2.49 bits per heavy atom. The first-order valence-corrected chi connectivity index (χ1v) is 11.9. The zero-order chi connectivity index (χ0) is 24.2. The van der Waals surface area contributed by atoms with E-state index in [0.717, 1.165) is 11.1 Å². The Kier molecular flexibility index (Phi) is 6.49. The molecule has 3 aromatic carbocycles. The summed E-state index contributed by atoms with van der Waals surface area (Å²) in [6.45, 7) is 0.417. The van der Waals surface area contributed by atoms with Crippen molar-refractivity contribution in [3.8, 4) is 23.0 Å². The van der Waals surface area contributed by atoms with Crippen LogP contribution in [0.2, 0.25) is 0 Å². The maximum absolute atomic E-state index is 13.3. The molecular weight excluding hydrogens is 464 g/mol. The van der Waals surface area contributed by atoms with E-state index in [1.54, 1.807) is 37.0 Å². The van der Waals surface area contributed by atoms with Crippen LogP contribution in [0.1, 0.15) is 11.5 Å². The summed E-state index contributed by atoms with van der Waals surface area (Å²) in [6, 6.07) is 22.6. The molecular formula is C26H22N4O4S. The fraction of sp³-hybridized carbons (Fsp3) is 0.154. The topological polar surface area (TPSA) is 92.3 Å². The van der Waals surface area contributed by atoms with Crippen LogP contribution < -0.4 is 15.0 Å². The number of para-hydroxylation sites is 1. The van der Waals surface area contributed by atoms with Crippen molar-refractivity contribution in [3.05, 3.63) is 94.6 Å². The van der Waals surface area contributed by atoms with Gasteiger partial charge in [0.15, 0.2) is 16.7 Å². The van der Waals surface area contributed by atoms with Gasteiger partial charge < -0.3 is 13.9 Å². The number of benzene rings is 3. The standard InChI is InChI=1S/C26H22N4O4S/c1-32-21-13-12-18(14-22(21)33-2)24-29-28-23(34-24)16-35-26-27-20-11-7-6-10-19(20)25(31)30(26)15-17-8-4-3-5-9-17/h3-14H,15-16H2,1-2H3. The fourth-order valence-corrected chi connectivity index (χ4v) is 4.52. The molecule has 0 bridgehead atoms. The van der Waals surface area contributed by atoms with Crippen LogP contribution in [0.5, 0.6) is 11.5 Å². The third kappa shape index (κ3) is 4.76. The molecule has 9 heteroatoms. The van der Waals surface area contributed by atoms with E-state index in [2.05, 4.69) is 10.2 Å². The number of fused-ring (bicyclic) bond motifs is 1. The van der Waals surface area contributed by atoms with Gasteiger partial charge in [-0.15, -0.1) is 10.2 Å². The average molecular weight is 487 g/mol. The second-order valence-corrected chi connectivity index (χ2v) is 8.59. The lowest BCUT2D eigenvalue weighted by atomic mass is 10.2. The minimum atomic E-state index is -0.0847. The van der Waals surface area contributed by atoms with Gasteiger partial charge in [0.25, 0.3) is 5.56 Å². The van der Waals surface area contributed by atoms with E-state index < -0.39 is 0 Å². The van der Waals surface area contributed by atoms with Gasteiger partial charge in [-0.2, -0.15) is 0 Å². The highest BCUT2D eigenvalue weighted by Crippen LogP contribution is 2.32. The predicted octanol–water partition coefficient (Wildman–Crippen LogP) is 4.80. The molecule has 5 aromatic rings. The third-order valence-corrected chi connectivity index (χ3v) is 6.39. The van der Waals surface area contributed by atoms with Gasteiger partial charge in [0.2, 0.25) is 11.8 Å². The zero-order valence-corrected chi connectivity index (χ0v) is 20.0. The lowest BCUT2D eigenvalue weighted by Gasteiger charge is -2.12. The summed E-state index contributed by atoms with van der Waals surface area (Å²) in [5.74, 6) is 2.35. The van der Waals surface area contributed by atoms with Crippen molar-refractivity contribution in [3.63, 3.8) is 0 Å². The molecule has 0 unspecified atom stereocenters. The molecule has 2 heterocycles. The van der Waals surface area contributed by atoms with Gasteiger partial charge in [0, 0.05) is 5.56 Å². The molecule has 0 fully saturated rings. The number of methoxy groups -OCH3 is 2. The SMILES string of the molecule is COc1ccc(-c2nnc(CSc3nc4ccccc4c(=O)n3Cc3ccccc3)o2)cc1OC. The Morgan fingerprint density at radius 2 is 1.69 bits per heavy atom. The molecule has 0 spiro atoms. The second kappa shape index (κ2) is 10.0. The van der Waals surface area contributed by atoms with E-state index in [-0.39, 0.29) is 5.56 Å². The lowest BCUT2D eigenvalue weighted by Crippen LogP contribution is -2.24. The van der Waals surface area contributed by atoms with Crippen molar-refractivity contribution in [2.75, 3.05) is 14.2 Å². The molecule has 5 rings (SSSR count). The number of ether oxygens (including phenoxy) is 2. The number of thioether (sulfide) groups is 1. The first-order chi connectivity index (χ1) is 17.2. The van der Waals surface area contributed by atoms with Crippen LogP contribution in [-0.4, -0.2) is 34.0 Å². The quantitative estimate of drug-likeness (QED) is 0.228. The summed E-state index contributed by atoms with van der Waals surface area (Å²) in [5.41, 5.74) is 2.30. The van der Waals surface area contributed by atoms with E-state index in [4.69, 9.17) is 18.9 Å². The molecule has 0 amide bonds. The minimum Gasteiger partial charge on any atom is -0.493 e. The van der Waals surface area contributed by atoms with Gasteiger partial charge in [0.05, 0.1) is 37.4 Å². The Morgan fingerprint density at radius 1 is 0.914 bits per heavy atom. The van der Waals surface area contributed by atoms with Crippen LogP contribution >= 0.6 is 11.8 Å². The van der Waals surface area contributed by atoms with Crippen molar-refractivity contribution >= 4 is 22.7 Å². The number of rotatable bonds is 8. The Balaban J connectivity index is 1.43. The average Bonchev–Trinajstić information content (AvgIpc) is 3.38. The van der Waals surface area contributed by atoms with E-state index in [1.165, 1.54) is 11.8 Å². The lowest BCUT2D eigenvalue weighted by molar-refractivity contribution is 0.355. The Labute approximate surface area is 205 Å². The minimum absolute atomic E-state index is 0.0847. The van der Waals surface area contributed by atoms with Gasteiger partial charge in [0.1, 0.15) is 0 Å². The maximum atomic E-state index is 13.3. The van der Waals surface area contributed by atoms with Gasteiger partial charge >= 0.3 is 0 Å². The fourth-order valence-electron chi connectivity index (χ4n) is 3.69. The van der Waals surface area contributed by atoms with E-state index in [1.807, 2.05) is 54.6 Å². The Bertz CT molecular complexity index is 1530. The third-order valence-electron chi connectivity index (χ3n) is 5.43. The molecule has 176 valence electrons. The first-order valence-electron chi connectivity index (χ1n) is 10.9. The molecule has 8 nitrogen and oxygen atoms in total. The van der Waals surface area contributed by atoms with Gasteiger partial charge in [-0.1, -0.05) is 54.2 Å². The zero-order valence-electron chi connectivity index (χ0n) is 19.2. The highest BCUT2D eigenvalue weighted by atomic mass is 32.2. The predicted molar refractivity (Wildman–Crippen MR) is 134 cm³/mol. The molecule has 0 saturated carbocycles. The Hall–Kier alpha value is -4.11. The smallest absolute Gasteiger partial charge is 0.262 e. The normalized spacial score (nSPS) is 11.0. The van der Waals surface area contributed by atoms with Crippen LogP contribution in [0.15, 0.2) is 87.2 Å². The molecule has 0 aliphatic carbocycles. The van der Waals surface area contributed by atoms with Crippen LogP contribution in [0, 0.1) is 0 Å². The molecule has 0 saturated heterocycles.